The molecule has 1 aliphatic rings. The van der Waals surface area contributed by atoms with Gasteiger partial charge in [-0.05, 0) is 23.6 Å². The predicted molar refractivity (Wildman–Crippen MR) is 68.3 cm³/mol. The Morgan fingerprint density at radius 3 is 2.83 bits per heavy atom. The first-order valence-corrected chi connectivity index (χ1v) is 6.02. The molecule has 0 aliphatic carbocycles. The lowest BCUT2D eigenvalue weighted by atomic mass is 10.0. The Morgan fingerprint density at radius 2 is 2.22 bits per heavy atom. The molecule has 0 aromatic heterocycles. The zero-order chi connectivity index (χ0) is 13.3. The van der Waals surface area contributed by atoms with Crippen molar-refractivity contribution < 1.29 is 14.6 Å². The molecule has 0 spiro atoms. The highest BCUT2D eigenvalue weighted by atomic mass is 16.5. The Bertz CT molecular complexity index is 460. The zero-order valence-electron chi connectivity index (χ0n) is 10.5. The number of benzene rings is 1. The summed E-state index contributed by atoms with van der Waals surface area (Å²) in [6.07, 6.45) is -1.20. The molecule has 2 atom stereocenters. The molecule has 0 saturated heterocycles. The van der Waals surface area contributed by atoms with E-state index in [0.29, 0.717) is 17.0 Å². The first kappa shape index (κ1) is 12.9. The number of nitrogens with two attached hydrogens (primary N) is 1. The molecular formula is C13H18N2O3. The topological polar surface area (TPSA) is 84.6 Å². The van der Waals surface area contributed by atoms with Gasteiger partial charge in [0.1, 0.15) is 5.75 Å². The average Bonchev–Trinajstić information content (AvgIpc) is 2.35. The predicted octanol–water partition coefficient (Wildman–Crippen LogP) is 1.03. The maximum atomic E-state index is 11.8. The normalized spacial score (nSPS) is 20.1. The molecule has 1 aromatic carbocycles. The number of carbonyl (C=O) groups is 1. The van der Waals surface area contributed by atoms with E-state index in [0.717, 1.165) is 0 Å². The summed E-state index contributed by atoms with van der Waals surface area (Å²) in [6.45, 7) is 4.01. The van der Waals surface area contributed by atoms with Crippen LogP contribution >= 0.6 is 0 Å². The molecule has 0 saturated carbocycles. The fourth-order valence-electron chi connectivity index (χ4n) is 1.92. The molecule has 5 nitrogen and oxygen atoms in total. The molecule has 0 radical (unpaired) electrons. The van der Waals surface area contributed by atoms with E-state index in [1.54, 1.807) is 18.2 Å². The van der Waals surface area contributed by atoms with Gasteiger partial charge in [0.15, 0.2) is 6.10 Å². The summed E-state index contributed by atoms with van der Waals surface area (Å²) in [5.74, 6) is 0.575. The Morgan fingerprint density at radius 1 is 1.50 bits per heavy atom. The number of anilines is 1. The lowest BCUT2D eigenvalue weighted by Gasteiger charge is -2.28. The number of carbonyl (C=O) groups excluding carboxylic acids is 1. The number of hydrogen-bond acceptors (Lipinski definition) is 4. The number of amides is 1. The second-order valence-electron chi connectivity index (χ2n) is 4.78. The van der Waals surface area contributed by atoms with Crippen LogP contribution in [0.3, 0.4) is 0 Å². The molecule has 0 fully saturated rings. The number of aliphatic hydroxyl groups is 1. The lowest BCUT2D eigenvalue weighted by Crippen LogP contribution is -2.40. The number of rotatable bonds is 3. The van der Waals surface area contributed by atoms with Gasteiger partial charge < -0.3 is 20.9 Å². The highest BCUT2D eigenvalue weighted by Gasteiger charge is 2.30. The molecule has 1 amide bonds. The van der Waals surface area contributed by atoms with Crippen molar-refractivity contribution in [3.05, 3.63) is 23.8 Å². The first-order chi connectivity index (χ1) is 8.52. The molecule has 5 heteroatoms. The molecule has 2 rings (SSSR count). The van der Waals surface area contributed by atoms with Crippen LogP contribution in [0.2, 0.25) is 0 Å². The Labute approximate surface area is 106 Å². The standard InChI is InChI=1S/C13H18N2O3/c1-7(2)12-13(17)15-9-5-8(10(16)6-14)3-4-11(9)18-12/h3-5,7,10,12,16H,6,14H2,1-2H3,(H,15,17). The third-order valence-corrected chi connectivity index (χ3v) is 2.99. The third-order valence-electron chi connectivity index (χ3n) is 2.99. The van der Waals surface area contributed by atoms with Crippen LogP contribution in [-0.2, 0) is 4.79 Å². The first-order valence-electron chi connectivity index (χ1n) is 6.02. The molecule has 0 bridgehead atoms. The summed E-state index contributed by atoms with van der Waals surface area (Å²) >= 11 is 0. The summed E-state index contributed by atoms with van der Waals surface area (Å²) in [6, 6.07) is 5.20. The van der Waals surface area contributed by atoms with E-state index in [1.165, 1.54) is 0 Å². The summed E-state index contributed by atoms with van der Waals surface area (Å²) in [5, 5.41) is 12.5. The van der Waals surface area contributed by atoms with Gasteiger partial charge in [0.25, 0.3) is 5.91 Å². The van der Waals surface area contributed by atoms with Crippen LogP contribution in [0.15, 0.2) is 18.2 Å². The maximum absolute atomic E-state index is 11.8. The number of fused-ring (bicyclic) bond motifs is 1. The molecule has 1 aromatic rings. The van der Waals surface area contributed by atoms with Crippen LogP contribution in [0.25, 0.3) is 0 Å². The fraction of sp³-hybridized carbons (Fsp3) is 0.462. The smallest absolute Gasteiger partial charge is 0.265 e. The van der Waals surface area contributed by atoms with Gasteiger partial charge in [0.2, 0.25) is 0 Å². The monoisotopic (exact) mass is 250 g/mol. The van der Waals surface area contributed by atoms with Crippen molar-refractivity contribution in [2.45, 2.75) is 26.1 Å². The van der Waals surface area contributed by atoms with E-state index in [-0.39, 0.29) is 18.4 Å². The van der Waals surface area contributed by atoms with Crippen LogP contribution in [-0.4, -0.2) is 23.7 Å². The minimum absolute atomic E-state index is 0.104. The molecule has 4 N–H and O–H groups in total. The van der Waals surface area contributed by atoms with Crippen LogP contribution in [0.4, 0.5) is 5.69 Å². The molecule has 1 heterocycles. The summed E-state index contributed by atoms with van der Waals surface area (Å²) in [4.78, 5) is 11.8. The van der Waals surface area contributed by atoms with Gasteiger partial charge in [-0.1, -0.05) is 19.9 Å². The quantitative estimate of drug-likeness (QED) is 0.748. The van der Waals surface area contributed by atoms with Crippen LogP contribution in [0.5, 0.6) is 5.75 Å². The number of nitrogens with one attached hydrogen (secondary N) is 1. The van der Waals surface area contributed by atoms with Gasteiger partial charge in [0.05, 0.1) is 11.8 Å². The van der Waals surface area contributed by atoms with Crippen LogP contribution in [0.1, 0.15) is 25.5 Å². The van der Waals surface area contributed by atoms with Gasteiger partial charge in [0, 0.05) is 6.54 Å². The number of hydrogen-bond donors (Lipinski definition) is 3. The second-order valence-corrected chi connectivity index (χ2v) is 4.78. The summed E-state index contributed by atoms with van der Waals surface area (Å²) < 4.78 is 5.65. The Kier molecular flexibility index (Phi) is 3.54. The Hall–Kier alpha value is -1.59. The lowest BCUT2D eigenvalue weighted by molar-refractivity contribution is -0.125. The molecule has 98 valence electrons. The van der Waals surface area contributed by atoms with E-state index in [4.69, 9.17) is 10.5 Å². The van der Waals surface area contributed by atoms with Crippen molar-refractivity contribution >= 4 is 11.6 Å². The van der Waals surface area contributed by atoms with E-state index in [2.05, 4.69) is 5.32 Å². The van der Waals surface area contributed by atoms with E-state index >= 15 is 0 Å². The Balaban J connectivity index is 2.29. The van der Waals surface area contributed by atoms with Crippen molar-refractivity contribution in [1.29, 1.82) is 0 Å². The van der Waals surface area contributed by atoms with Crippen molar-refractivity contribution in [1.82, 2.24) is 0 Å². The fourth-order valence-corrected chi connectivity index (χ4v) is 1.92. The average molecular weight is 250 g/mol. The SMILES string of the molecule is CC(C)C1Oc2ccc(C(O)CN)cc2NC1=O. The van der Waals surface area contributed by atoms with Crippen molar-refractivity contribution in [3.63, 3.8) is 0 Å². The third kappa shape index (κ3) is 2.32. The largest absolute Gasteiger partial charge is 0.478 e. The molecule has 1 aliphatic heterocycles. The van der Waals surface area contributed by atoms with E-state index in [9.17, 15) is 9.90 Å². The highest BCUT2D eigenvalue weighted by Crippen LogP contribution is 2.33. The van der Waals surface area contributed by atoms with E-state index < -0.39 is 12.2 Å². The van der Waals surface area contributed by atoms with E-state index in [1.807, 2.05) is 13.8 Å². The maximum Gasteiger partial charge on any atom is 0.265 e. The number of aliphatic hydroxyl groups excluding tert-OH is 1. The molecular weight excluding hydrogens is 232 g/mol. The van der Waals surface area contributed by atoms with Gasteiger partial charge in [-0.2, -0.15) is 0 Å². The van der Waals surface area contributed by atoms with Crippen LogP contribution in [0, 0.1) is 5.92 Å². The second kappa shape index (κ2) is 4.96. The summed E-state index contributed by atoms with van der Waals surface area (Å²) in [5.41, 5.74) is 6.66. The zero-order valence-corrected chi connectivity index (χ0v) is 10.5. The minimum atomic E-state index is -0.727. The van der Waals surface area contributed by atoms with Crippen molar-refractivity contribution in [2.75, 3.05) is 11.9 Å². The number of ether oxygens (including phenoxy) is 1. The van der Waals surface area contributed by atoms with Gasteiger partial charge >= 0.3 is 0 Å². The van der Waals surface area contributed by atoms with Gasteiger partial charge in [-0.15, -0.1) is 0 Å². The summed E-state index contributed by atoms with van der Waals surface area (Å²) in [7, 11) is 0. The van der Waals surface area contributed by atoms with Crippen molar-refractivity contribution in [3.8, 4) is 5.75 Å². The molecule has 2 unspecified atom stereocenters. The minimum Gasteiger partial charge on any atom is -0.478 e. The molecule has 18 heavy (non-hydrogen) atoms. The highest BCUT2D eigenvalue weighted by molar-refractivity contribution is 5.98. The van der Waals surface area contributed by atoms with Crippen LogP contribution < -0.4 is 15.8 Å². The van der Waals surface area contributed by atoms with Gasteiger partial charge in [-0.25, -0.2) is 0 Å². The van der Waals surface area contributed by atoms with Crippen molar-refractivity contribution in [2.24, 2.45) is 11.7 Å². The van der Waals surface area contributed by atoms with Gasteiger partial charge in [-0.3, -0.25) is 4.79 Å².